The zero-order chi connectivity index (χ0) is 11.0. The topological polar surface area (TPSA) is 30.2 Å². The van der Waals surface area contributed by atoms with Gasteiger partial charge >= 0.3 is 0 Å². The van der Waals surface area contributed by atoms with Crippen LogP contribution in [-0.2, 0) is 0 Å². The van der Waals surface area contributed by atoms with Gasteiger partial charge in [0.15, 0.2) is 5.43 Å². The van der Waals surface area contributed by atoms with Crippen molar-refractivity contribution in [2.75, 3.05) is 0 Å². The minimum atomic E-state index is 0.0891. The summed E-state index contributed by atoms with van der Waals surface area (Å²) < 4.78 is 5.47. The number of hydrogen-bond donors (Lipinski definition) is 0. The van der Waals surface area contributed by atoms with Crippen molar-refractivity contribution in [2.24, 2.45) is 0 Å². The maximum atomic E-state index is 12.0. The Morgan fingerprint density at radius 2 is 2.00 bits per heavy atom. The van der Waals surface area contributed by atoms with Crippen LogP contribution in [0, 0.1) is 6.92 Å². The van der Waals surface area contributed by atoms with Crippen molar-refractivity contribution in [3.05, 3.63) is 45.8 Å². The van der Waals surface area contributed by atoms with Crippen LogP contribution in [0.2, 0.25) is 0 Å². The van der Waals surface area contributed by atoms with Gasteiger partial charge in [-0.05, 0) is 30.5 Å². The van der Waals surface area contributed by atoms with Gasteiger partial charge in [-0.15, -0.1) is 0 Å². The molecule has 15 heavy (non-hydrogen) atoms. The molecular weight excluding hydrogens is 188 g/mol. The molecule has 1 heterocycles. The molecule has 0 fully saturated rings. The van der Waals surface area contributed by atoms with E-state index in [1.165, 1.54) is 0 Å². The first-order valence-electron chi connectivity index (χ1n) is 5.11. The summed E-state index contributed by atoms with van der Waals surface area (Å²) in [5.41, 5.74) is 2.60. The lowest BCUT2D eigenvalue weighted by Gasteiger charge is -2.05. The Morgan fingerprint density at radius 1 is 1.27 bits per heavy atom. The second-order valence-corrected chi connectivity index (χ2v) is 4.17. The molecule has 0 aliphatic heterocycles. The first kappa shape index (κ1) is 9.97. The third kappa shape index (κ3) is 1.67. The Hall–Kier alpha value is -1.57. The number of benzene rings is 1. The van der Waals surface area contributed by atoms with Gasteiger partial charge < -0.3 is 4.42 Å². The Bertz CT molecular complexity index is 550. The van der Waals surface area contributed by atoms with Crippen LogP contribution in [0.1, 0.15) is 30.9 Å². The molecule has 0 aliphatic rings. The fraction of sp³-hybridized carbons (Fsp3) is 0.308. The predicted octanol–water partition coefficient (Wildman–Crippen LogP) is 3.22. The molecule has 0 unspecified atom stereocenters. The number of hydrogen-bond acceptors (Lipinski definition) is 2. The Kier molecular flexibility index (Phi) is 2.35. The first-order chi connectivity index (χ1) is 7.09. The molecule has 2 rings (SSSR count). The van der Waals surface area contributed by atoms with E-state index in [1.54, 1.807) is 6.26 Å². The van der Waals surface area contributed by atoms with Crippen molar-refractivity contribution in [3.8, 4) is 0 Å². The number of rotatable bonds is 1. The summed E-state index contributed by atoms with van der Waals surface area (Å²) in [4.78, 5) is 12.0. The van der Waals surface area contributed by atoms with Crippen LogP contribution in [0.3, 0.4) is 0 Å². The number of fused-ring (bicyclic) bond motifs is 1. The Labute approximate surface area is 88.5 Å². The standard InChI is InChI=1S/C13H14O2/c1-8(2)11-7-15-12-6-9(3)4-5-10(12)13(11)14/h4-8H,1-3H3. The van der Waals surface area contributed by atoms with Crippen LogP contribution in [0.5, 0.6) is 0 Å². The second kappa shape index (κ2) is 3.54. The normalized spacial score (nSPS) is 11.2. The Morgan fingerprint density at radius 3 is 2.67 bits per heavy atom. The highest BCUT2D eigenvalue weighted by molar-refractivity contribution is 5.77. The van der Waals surface area contributed by atoms with Crippen molar-refractivity contribution < 1.29 is 4.42 Å². The molecular formula is C13H14O2. The minimum Gasteiger partial charge on any atom is -0.464 e. The third-order valence-electron chi connectivity index (χ3n) is 2.58. The fourth-order valence-corrected chi connectivity index (χ4v) is 1.65. The van der Waals surface area contributed by atoms with E-state index in [1.807, 2.05) is 39.0 Å². The molecule has 78 valence electrons. The monoisotopic (exact) mass is 202 g/mol. The SMILES string of the molecule is Cc1ccc2c(=O)c(C(C)C)coc2c1. The quantitative estimate of drug-likeness (QED) is 0.710. The van der Waals surface area contributed by atoms with E-state index in [2.05, 4.69) is 0 Å². The van der Waals surface area contributed by atoms with Gasteiger partial charge in [0, 0.05) is 5.56 Å². The molecule has 1 aromatic heterocycles. The molecule has 0 N–H and O–H groups in total. The summed E-state index contributed by atoms with van der Waals surface area (Å²) >= 11 is 0. The van der Waals surface area contributed by atoms with Crippen molar-refractivity contribution in [1.29, 1.82) is 0 Å². The Balaban J connectivity index is 2.80. The van der Waals surface area contributed by atoms with Crippen LogP contribution in [-0.4, -0.2) is 0 Å². The smallest absolute Gasteiger partial charge is 0.196 e. The van der Waals surface area contributed by atoms with Crippen molar-refractivity contribution in [2.45, 2.75) is 26.7 Å². The molecule has 1 aromatic carbocycles. The summed E-state index contributed by atoms with van der Waals surface area (Å²) in [6, 6.07) is 5.66. The highest BCUT2D eigenvalue weighted by Gasteiger charge is 2.09. The predicted molar refractivity (Wildman–Crippen MR) is 61.3 cm³/mol. The van der Waals surface area contributed by atoms with Gasteiger partial charge in [0.25, 0.3) is 0 Å². The molecule has 0 saturated heterocycles. The van der Waals surface area contributed by atoms with E-state index >= 15 is 0 Å². The van der Waals surface area contributed by atoms with Crippen LogP contribution in [0.4, 0.5) is 0 Å². The summed E-state index contributed by atoms with van der Waals surface area (Å²) in [5, 5.41) is 0.673. The number of aryl methyl sites for hydroxylation is 1. The van der Waals surface area contributed by atoms with Gasteiger partial charge in [-0.3, -0.25) is 4.79 Å². The van der Waals surface area contributed by atoms with Gasteiger partial charge in [0.05, 0.1) is 11.6 Å². The van der Waals surface area contributed by atoms with E-state index in [0.717, 1.165) is 11.1 Å². The van der Waals surface area contributed by atoms with Crippen LogP contribution < -0.4 is 5.43 Å². The van der Waals surface area contributed by atoms with Crippen molar-refractivity contribution in [3.63, 3.8) is 0 Å². The van der Waals surface area contributed by atoms with Crippen LogP contribution in [0.25, 0.3) is 11.0 Å². The zero-order valence-corrected chi connectivity index (χ0v) is 9.20. The summed E-state index contributed by atoms with van der Waals surface area (Å²) in [6.07, 6.45) is 1.58. The third-order valence-corrected chi connectivity index (χ3v) is 2.58. The highest BCUT2D eigenvalue weighted by atomic mass is 16.3. The van der Waals surface area contributed by atoms with Gasteiger partial charge in [-0.1, -0.05) is 19.9 Å². The molecule has 0 amide bonds. The summed E-state index contributed by atoms with van der Waals surface area (Å²) in [6.45, 7) is 5.97. The average molecular weight is 202 g/mol. The van der Waals surface area contributed by atoms with E-state index in [9.17, 15) is 4.79 Å². The van der Waals surface area contributed by atoms with Gasteiger partial charge in [0.2, 0.25) is 0 Å². The molecule has 0 saturated carbocycles. The van der Waals surface area contributed by atoms with Crippen molar-refractivity contribution in [1.82, 2.24) is 0 Å². The lowest BCUT2D eigenvalue weighted by molar-refractivity contribution is 0.585. The van der Waals surface area contributed by atoms with Crippen LogP contribution in [0.15, 0.2) is 33.7 Å². The molecule has 2 heteroatoms. The molecule has 0 bridgehead atoms. The largest absolute Gasteiger partial charge is 0.464 e. The maximum Gasteiger partial charge on any atom is 0.196 e. The lowest BCUT2D eigenvalue weighted by Crippen LogP contribution is -2.09. The van der Waals surface area contributed by atoms with E-state index in [4.69, 9.17) is 4.42 Å². The lowest BCUT2D eigenvalue weighted by atomic mass is 10.0. The van der Waals surface area contributed by atoms with E-state index < -0.39 is 0 Å². The molecule has 0 spiro atoms. The summed E-state index contributed by atoms with van der Waals surface area (Å²) in [7, 11) is 0. The highest BCUT2D eigenvalue weighted by Crippen LogP contribution is 2.17. The minimum absolute atomic E-state index is 0.0891. The van der Waals surface area contributed by atoms with Crippen molar-refractivity contribution >= 4 is 11.0 Å². The maximum absolute atomic E-state index is 12.0. The molecule has 2 aromatic rings. The zero-order valence-electron chi connectivity index (χ0n) is 9.20. The van der Waals surface area contributed by atoms with Gasteiger partial charge in [-0.25, -0.2) is 0 Å². The molecule has 0 atom stereocenters. The fourth-order valence-electron chi connectivity index (χ4n) is 1.65. The summed E-state index contributed by atoms with van der Waals surface area (Å²) in [5.74, 6) is 0.201. The first-order valence-corrected chi connectivity index (χ1v) is 5.11. The van der Waals surface area contributed by atoms with Crippen LogP contribution >= 0.6 is 0 Å². The molecule has 0 aliphatic carbocycles. The van der Waals surface area contributed by atoms with E-state index in [0.29, 0.717) is 11.0 Å². The van der Waals surface area contributed by atoms with Gasteiger partial charge in [0.1, 0.15) is 5.58 Å². The van der Waals surface area contributed by atoms with Gasteiger partial charge in [-0.2, -0.15) is 0 Å². The average Bonchev–Trinajstić information content (AvgIpc) is 2.17. The molecule has 2 nitrogen and oxygen atoms in total. The molecule has 0 radical (unpaired) electrons. The van der Waals surface area contributed by atoms with E-state index in [-0.39, 0.29) is 11.3 Å². The second-order valence-electron chi connectivity index (χ2n) is 4.17.